The summed E-state index contributed by atoms with van der Waals surface area (Å²) in [6.07, 6.45) is 0.250. The minimum absolute atomic E-state index is 0.0335. The number of anilines is 1. The van der Waals surface area contributed by atoms with Crippen LogP contribution in [0, 0.1) is 0 Å². The third kappa shape index (κ3) is 1.98. The summed E-state index contributed by atoms with van der Waals surface area (Å²) in [5.74, 6) is 0.224. The van der Waals surface area contributed by atoms with Gasteiger partial charge in [-0.2, -0.15) is 0 Å². The van der Waals surface area contributed by atoms with Crippen molar-refractivity contribution in [2.24, 2.45) is 5.73 Å². The fourth-order valence-electron chi connectivity index (χ4n) is 1.70. The van der Waals surface area contributed by atoms with Crippen LogP contribution in [0.25, 0.3) is 0 Å². The van der Waals surface area contributed by atoms with Crippen molar-refractivity contribution in [1.82, 2.24) is 0 Å². The third-order valence-corrected chi connectivity index (χ3v) is 2.47. The number of rotatable bonds is 0. The van der Waals surface area contributed by atoms with Crippen LogP contribution in [0.1, 0.15) is 18.4 Å². The van der Waals surface area contributed by atoms with Crippen LogP contribution in [0.5, 0.6) is 0 Å². The number of fused-ring (bicyclic) bond motifs is 1. The summed E-state index contributed by atoms with van der Waals surface area (Å²) in [7, 11) is 1.82. The molecule has 1 aromatic rings. The monoisotopic (exact) mass is 206 g/mol. The van der Waals surface area contributed by atoms with E-state index in [0.29, 0.717) is 0 Å². The third-order valence-electron chi connectivity index (χ3n) is 2.47. The second-order valence-electron chi connectivity index (χ2n) is 3.31. The second-order valence-corrected chi connectivity index (χ2v) is 3.31. The van der Waals surface area contributed by atoms with E-state index in [1.54, 1.807) is 4.90 Å². The fraction of sp³-hybridized carbons (Fsp3) is 0.273. The number of likely N-dealkylation sites (N-methyl/N-ethyl adjacent to an activating group) is 1. The summed E-state index contributed by atoms with van der Waals surface area (Å²) in [5, 5.41) is 0. The van der Waals surface area contributed by atoms with E-state index in [1.807, 2.05) is 38.2 Å². The first-order valence-corrected chi connectivity index (χ1v) is 4.65. The van der Waals surface area contributed by atoms with Gasteiger partial charge in [0.2, 0.25) is 12.3 Å². The van der Waals surface area contributed by atoms with Gasteiger partial charge in [0.25, 0.3) is 0 Å². The number of benzene rings is 1. The molecule has 15 heavy (non-hydrogen) atoms. The van der Waals surface area contributed by atoms with Crippen LogP contribution < -0.4 is 10.6 Å². The highest BCUT2D eigenvalue weighted by Gasteiger charge is 2.30. The number of amides is 2. The summed E-state index contributed by atoms with van der Waals surface area (Å²) in [6.45, 7) is 1.95. The minimum atomic E-state index is 0.0335. The number of nitrogens with two attached hydrogens (primary N) is 1. The van der Waals surface area contributed by atoms with Crippen LogP contribution in [0.15, 0.2) is 24.3 Å². The topological polar surface area (TPSA) is 63.4 Å². The van der Waals surface area contributed by atoms with Gasteiger partial charge in [-0.25, -0.2) is 0 Å². The number of para-hydroxylation sites is 1. The second kappa shape index (κ2) is 4.59. The predicted molar refractivity (Wildman–Crippen MR) is 58.5 cm³/mol. The predicted octanol–water partition coefficient (Wildman–Crippen LogP) is 0.868. The lowest BCUT2D eigenvalue weighted by Gasteiger charge is -2.08. The molecular formula is C11H14N2O2. The van der Waals surface area contributed by atoms with E-state index in [1.165, 1.54) is 0 Å². The number of carbonyl (C=O) groups is 2. The van der Waals surface area contributed by atoms with Crippen molar-refractivity contribution >= 4 is 18.0 Å². The van der Waals surface area contributed by atoms with Crippen molar-refractivity contribution in [3.05, 3.63) is 29.8 Å². The maximum absolute atomic E-state index is 11.5. The van der Waals surface area contributed by atoms with Gasteiger partial charge in [0, 0.05) is 12.7 Å². The molecule has 2 rings (SSSR count). The van der Waals surface area contributed by atoms with Crippen molar-refractivity contribution < 1.29 is 9.59 Å². The number of primary amides is 1. The summed E-state index contributed by atoms with van der Waals surface area (Å²) in [5.41, 5.74) is 6.36. The van der Waals surface area contributed by atoms with Gasteiger partial charge in [-0.1, -0.05) is 18.2 Å². The molecule has 0 aromatic heterocycles. The highest BCUT2D eigenvalue weighted by Crippen LogP contribution is 2.35. The van der Waals surface area contributed by atoms with Crippen molar-refractivity contribution in [2.75, 3.05) is 11.9 Å². The van der Waals surface area contributed by atoms with Gasteiger partial charge in [0.15, 0.2) is 0 Å². The van der Waals surface area contributed by atoms with Crippen LogP contribution in [0.3, 0.4) is 0 Å². The molecule has 1 aliphatic heterocycles. The maximum atomic E-state index is 11.5. The smallest absolute Gasteiger partial charge is 0.234 e. The molecule has 0 spiro atoms. The molecular weight excluding hydrogens is 192 g/mol. The average Bonchev–Trinajstić information content (AvgIpc) is 2.46. The Morgan fingerprint density at radius 1 is 1.40 bits per heavy atom. The summed E-state index contributed by atoms with van der Waals surface area (Å²) in [6, 6.07) is 7.93. The van der Waals surface area contributed by atoms with Gasteiger partial charge in [0.05, 0.1) is 5.92 Å². The summed E-state index contributed by atoms with van der Waals surface area (Å²) >= 11 is 0. The lowest BCUT2D eigenvalue weighted by atomic mass is 10.0. The minimum Gasteiger partial charge on any atom is -0.372 e. The molecule has 4 nitrogen and oxygen atoms in total. The van der Waals surface area contributed by atoms with Crippen LogP contribution in [-0.4, -0.2) is 19.4 Å². The molecule has 0 aliphatic carbocycles. The van der Waals surface area contributed by atoms with E-state index in [2.05, 4.69) is 5.73 Å². The number of carbonyl (C=O) groups excluding carboxylic acids is 2. The molecule has 2 amide bonds. The molecule has 1 atom stereocenters. The molecule has 0 fully saturated rings. The Bertz CT molecular complexity index is 346. The highest BCUT2D eigenvalue weighted by atomic mass is 16.2. The van der Waals surface area contributed by atoms with Crippen LogP contribution in [0.4, 0.5) is 5.69 Å². The Balaban J connectivity index is 0.000000337. The van der Waals surface area contributed by atoms with Gasteiger partial charge in [-0.05, 0) is 18.6 Å². The van der Waals surface area contributed by atoms with E-state index in [-0.39, 0.29) is 18.2 Å². The zero-order valence-electron chi connectivity index (χ0n) is 8.81. The molecule has 4 heteroatoms. The van der Waals surface area contributed by atoms with E-state index in [4.69, 9.17) is 4.79 Å². The van der Waals surface area contributed by atoms with Gasteiger partial charge in [-0.3, -0.25) is 9.59 Å². The number of hydrogen-bond acceptors (Lipinski definition) is 2. The van der Waals surface area contributed by atoms with Crippen molar-refractivity contribution in [1.29, 1.82) is 0 Å². The maximum Gasteiger partial charge on any atom is 0.234 e. The Labute approximate surface area is 88.7 Å². The molecule has 1 aliphatic rings. The highest BCUT2D eigenvalue weighted by molar-refractivity contribution is 6.04. The number of hydrogen-bond donors (Lipinski definition) is 1. The van der Waals surface area contributed by atoms with Crippen LogP contribution in [0.2, 0.25) is 0 Å². The van der Waals surface area contributed by atoms with E-state index < -0.39 is 0 Å². The number of nitrogens with zero attached hydrogens (tertiary/aromatic N) is 1. The summed E-state index contributed by atoms with van der Waals surface area (Å²) in [4.78, 5) is 21.8. The Kier molecular flexibility index (Phi) is 3.44. The van der Waals surface area contributed by atoms with Crippen molar-refractivity contribution in [2.45, 2.75) is 12.8 Å². The normalized spacial score (nSPS) is 17.9. The van der Waals surface area contributed by atoms with Gasteiger partial charge >= 0.3 is 0 Å². The first kappa shape index (κ1) is 11.2. The molecule has 0 saturated carbocycles. The first-order chi connectivity index (χ1) is 7.13. The molecule has 0 radical (unpaired) electrons. The van der Waals surface area contributed by atoms with E-state index in [9.17, 15) is 4.79 Å². The molecule has 1 heterocycles. The largest absolute Gasteiger partial charge is 0.372 e. The molecule has 0 bridgehead atoms. The molecule has 80 valence electrons. The van der Waals surface area contributed by atoms with Crippen LogP contribution in [-0.2, 0) is 9.59 Å². The lowest BCUT2D eigenvalue weighted by molar-refractivity contribution is -0.118. The van der Waals surface area contributed by atoms with Gasteiger partial charge in [-0.15, -0.1) is 0 Å². The standard InChI is InChI=1S/C10H11NO.CH3NO/c1-7-8-5-3-4-6-9(8)11(2)10(7)12;2-1-3/h3-7H,1-2H3;1H,(H2,2,3). The van der Waals surface area contributed by atoms with Gasteiger partial charge < -0.3 is 10.6 Å². The van der Waals surface area contributed by atoms with Crippen LogP contribution >= 0.6 is 0 Å². The zero-order valence-corrected chi connectivity index (χ0v) is 8.81. The zero-order chi connectivity index (χ0) is 11.4. The average molecular weight is 206 g/mol. The Morgan fingerprint density at radius 3 is 2.47 bits per heavy atom. The fourth-order valence-corrected chi connectivity index (χ4v) is 1.70. The molecule has 2 N–H and O–H groups in total. The molecule has 1 aromatic carbocycles. The van der Waals surface area contributed by atoms with Crippen molar-refractivity contribution in [3.63, 3.8) is 0 Å². The Morgan fingerprint density at radius 2 is 1.93 bits per heavy atom. The summed E-state index contributed by atoms with van der Waals surface area (Å²) < 4.78 is 0. The molecule has 1 unspecified atom stereocenters. The Hall–Kier alpha value is -1.84. The quantitative estimate of drug-likeness (QED) is 0.640. The molecule has 0 saturated heterocycles. The van der Waals surface area contributed by atoms with E-state index >= 15 is 0 Å². The van der Waals surface area contributed by atoms with E-state index in [0.717, 1.165) is 11.3 Å². The van der Waals surface area contributed by atoms with Gasteiger partial charge in [0.1, 0.15) is 0 Å². The first-order valence-electron chi connectivity index (χ1n) is 4.65. The SMILES string of the molecule is CC1C(=O)N(C)c2ccccc21.NC=O. The van der Waals surface area contributed by atoms with Crippen molar-refractivity contribution in [3.8, 4) is 0 Å². The lowest BCUT2D eigenvalue weighted by Crippen LogP contribution is -2.22.